The minimum Gasteiger partial charge on any atom is -0.425 e. The smallest absolute Gasteiger partial charge is 0.337 e. The van der Waals surface area contributed by atoms with Crippen LogP contribution in [-0.2, 0) is 9.53 Å². The van der Waals surface area contributed by atoms with Crippen molar-refractivity contribution < 1.29 is 14.3 Å². The SMILES string of the molecule is CC(OCC(=O)Oc1ccccc1)c1ccccc1. The van der Waals surface area contributed by atoms with Crippen molar-refractivity contribution in [3.8, 4) is 5.75 Å². The molecule has 0 spiro atoms. The van der Waals surface area contributed by atoms with Crippen LogP contribution in [0.3, 0.4) is 0 Å². The first-order valence-corrected chi connectivity index (χ1v) is 6.18. The molecular weight excluding hydrogens is 240 g/mol. The topological polar surface area (TPSA) is 35.5 Å². The fourth-order valence-corrected chi connectivity index (χ4v) is 1.66. The van der Waals surface area contributed by atoms with Gasteiger partial charge < -0.3 is 9.47 Å². The van der Waals surface area contributed by atoms with E-state index in [0.717, 1.165) is 5.56 Å². The summed E-state index contributed by atoms with van der Waals surface area (Å²) in [6.07, 6.45) is -0.135. The summed E-state index contributed by atoms with van der Waals surface area (Å²) in [5.74, 6) is 0.137. The van der Waals surface area contributed by atoms with Crippen LogP contribution in [0.15, 0.2) is 60.7 Å². The number of esters is 1. The van der Waals surface area contributed by atoms with Crippen molar-refractivity contribution in [2.45, 2.75) is 13.0 Å². The van der Waals surface area contributed by atoms with E-state index in [-0.39, 0.29) is 12.7 Å². The number of benzene rings is 2. The molecule has 2 aromatic rings. The minimum absolute atomic E-state index is 0.0645. The minimum atomic E-state index is -0.394. The molecule has 0 aliphatic carbocycles. The molecule has 19 heavy (non-hydrogen) atoms. The maximum absolute atomic E-state index is 11.6. The lowest BCUT2D eigenvalue weighted by Crippen LogP contribution is -2.17. The summed E-state index contributed by atoms with van der Waals surface area (Å²) in [6.45, 7) is 1.84. The lowest BCUT2D eigenvalue weighted by atomic mass is 10.1. The Morgan fingerprint density at radius 2 is 1.58 bits per heavy atom. The summed E-state index contributed by atoms with van der Waals surface area (Å²) in [7, 11) is 0. The highest BCUT2D eigenvalue weighted by molar-refractivity contribution is 5.73. The van der Waals surface area contributed by atoms with Crippen LogP contribution in [-0.4, -0.2) is 12.6 Å². The Labute approximate surface area is 112 Å². The molecule has 0 bridgehead atoms. The molecular formula is C16H16O3. The highest BCUT2D eigenvalue weighted by atomic mass is 16.6. The van der Waals surface area contributed by atoms with E-state index in [1.165, 1.54) is 0 Å². The molecule has 0 aliphatic heterocycles. The first-order chi connectivity index (χ1) is 9.25. The number of hydrogen-bond donors (Lipinski definition) is 0. The Morgan fingerprint density at radius 1 is 1.00 bits per heavy atom. The Bertz CT molecular complexity index is 508. The average molecular weight is 256 g/mol. The van der Waals surface area contributed by atoms with Gasteiger partial charge in [-0.15, -0.1) is 0 Å². The third kappa shape index (κ3) is 4.23. The van der Waals surface area contributed by atoms with Gasteiger partial charge in [-0.2, -0.15) is 0 Å². The van der Waals surface area contributed by atoms with E-state index >= 15 is 0 Å². The Kier molecular flexibility index (Phi) is 4.70. The van der Waals surface area contributed by atoms with Gasteiger partial charge in [0, 0.05) is 0 Å². The molecule has 0 saturated carbocycles. The molecule has 0 heterocycles. The third-order valence-electron chi connectivity index (χ3n) is 2.70. The fraction of sp³-hybridized carbons (Fsp3) is 0.188. The summed E-state index contributed by atoms with van der Waals surface area (Å²) in [5, 5.41) is 0. The van der Waals surface area contributed by atoms with Crippen molar-refractivity contribution in [1.82, 2.24) is 0 Å². The van der Waals surface area contributed by atoms with E-state index in [2.05, 4.69) is 0 Å². The van der Waals surface area contributed by atoms with Gasteiger partial charge >= 0.3 is 5.97 Å². The second-order valence-electron chi connectivity index (χ2n) is 4.15. The summed E-state index contributed by atoms with van der Waals surface area (Å²) < 4.78 is 10.6. The van der Waals surface area contributed by atoms with Crippen LogP contribution in [0.5, 0.6) is 5.75 Å². The number of carbonyl (C=O) groups excluding carboxylic acids is 1. The lowest BCUT2D eigenvalue weighted by molar-refractivity contribution is -0.141. The normalized spacial score (nSPS) is 11.8. The molecule has 3 nitrogen and oxygen atoms in total. The van der Waals surface area contributed by atoms with Gasteiger partial charge in [0.1, 0.15) is 12.4 Å². The van der Waals surface area contributed by atoms with Gasteiger partial charge in [0.2, 0.25) is 0 Å². The van der Waals surface area contributed by atoms with E-state index in [9.17, 15) is 4.79 Å². The van der Waals surface area contributed by atoms with E-state index in [0.29, 0.717) is 5.75 Å². The zero-order valence-corrected chi connectivity index (χ0v) is 10.8. The van der Waals surface area contributed by atoms with E-state index in [1.54, 1.807) is 12.1 Å². The van der Waals surface area contributed by atoms with Crippen LogP contribution in [0.1, 0.15) is 18.6 Å². The molecule has 0 amide bonds. The zero-order chi connectivity index (χ0) is 13.5. The highest BCUT2D eigenvalue weighted by Crippen LogP contribution is 2.16. The first kappa shape index (κ1) is 13.3. The second-order valence-corrected chi connectivity index (χ2v) is 4.15. The van der Waals surface area contributed by atoms with Gasteiger partial charge in [0.15, 0.2) is 0 Å². The summed E-state index contributed by atoms with van der Waals surface area (Å²) in [4.78, 5) is 11.6. The monoisotopic (exact) mass is 256 g/mol. The third-order valence-corrected chi connectivity index (χ3v) is 2.70. The number of carbonyl (C=O) groups is 1. The standard InChI is InChI=1S/C16H16O3/c1-13(14-8-4-2-5-9-14)18-12-16(17)19-15-10-6-3-7-11-15/h2-11,13H,12H2,1H3. The van der Waals surface area contributed by atoms with Crippen molar-refractivity contribution in [3.05, 3.63) is 66.2 Å². The zero-order valence-electron chi connectivity index (χ0n) is 10.8. The van der Waals surface area contributed by atoms with E-state index in [1.807, 2.05) is 55.5 Å². The molecule has 0 aliphatic rings. The number of para-hydroxylation sites is 1. The summed E-state index contributed by atoms with van der Waals surface area (Å²) in [6, 6.07) is 18.7. The maximum atomic E-state index is 11.6. The summed E-state index contributed by atoms with van der Waals surface area (Å²) in [5.41, 5.74) is 1.04. The number of rotatable bonds is 5. The molecule has 1 unspecified atom stereocenters. The van der Waals surface area contributed by atoms with Gasteiger partial charge in [0.25, 0.3) is 0 Å². The molecule has 0 N–H and O–H groups in total. The molecule has 2 aromatic carbocycles. The van der Waals surface area contributed by atoms with Gasteiger partial charge in [-0.3, -0.25) is 0 Å². The van der Waals surface area contributed by atoms with Crippen molar-refractivity contribution in [1.29, 1.82) is 0 Å². The molecule has 3 heteroatoms. The Hall–Kier alpha value is -2.13. The predicted molar refractivity (Wildman–Crippen MR) is 72.9 cm³/mol. The molecule has 0 saturated heterocycles. The lowest BCUT2D eigenvalue weighted by Gasteiger charge is -2.12. The predicted octanol–water partition coefficient (Wildman–Crippen LogP) is 3.37. The Balaban J connectivity index is 1.81. The fourth-order valence-electron chi connectivity index (χ4n) is 1.66. The van der Waals surface area contributed by atoms with Crippen LogP contribution >= 0.6 is 0 Å². The summed E-state index contributed by atoms with van der Waals surface area (Å²) >= 11 is 0. The van der Waals surface area contributed by atoms with Crippen molar-refractivity contribution >= 4 is 5.97 Å². The number of hydrogen-bond acceptors (Lipinski definition) is 3. The highest BCUT2D eigenvalue weighted by Gasteiger charge is 2.10. The van der Waals surface area contributed by atoms with Gasteiger partial charge in [0.05, 0.1) is 6.10 Å². The van der Waals surface area contributed by atoms with Crippen molar-refractivity contribution in [2.75, 3.05) is 6.61 Å². The maximum Gasteiger partial charge on any atom is 0.337 e. The molecule has 1 atom stereocenters. The van der Waals surface area contributed by atoms with Crippen molar-refractivity contribution in [3.63, 3.8) is 0 Å². The van der Waals surface area contributed by atoms with Crippen LogP contribution in [0.4, 0.5) is 0 Å². The molecule has 0 radical (unpaired) electrons. The van der Waals surface area contributed by atoms with Gasteiger partial charge in [-0.1, -0.05) is 48.5 Å². The second kappa shape index (κ2) is 6.71. The number of ether oxygens (including phenoxy) is 2. The van der Waals surface area contributed by atoms with Crippen LogP contribution in [0.25, 0.3) is 0 Å². The quantitative estimate of drug-likeness (QED) is 0.607. The molecule has 0 fully saturated rings. The van der Waals surface area contributed by atoms with Crippen LogP contribution in [0.2, 0.25) is 0 Å². The Morgan fingerprint density at radius 3 is 2.21 bits per heavy atom. The van der Waals surface area contributed by atoms with E-state index in [4.69, 9.17) is 9.47 Å². The first-order valence-electron chi connectivity index (χ1n) is 6.18. The molecule has 98 valence electrons. The molecule has 2 rings (SSSR count). The largest absolute Gasteiger partial charge is 0.425 e. The van der Waals surface area contributed by atoms with E-state index < -0.39 is 5.97 Å². The van der Waals surface area contributed by atoms with Crippen LogP contribution < -0.4 is 4.74 Å². The van der Waals surface area contributed by atoms with Gasteiger partial charge in [-0.25, -0.2) is 4.79 Å². The van der Waals surface area contributed by atoms with Gasteiger partial charge in [-0.05, 0) is 24.6 Å². The average Bonchev–Trinajstić information content (AvgIpc) is 2.47. The van der Waals surface area contributed by atoms with Crippen LogP contribution in [0, 0.1) is 0 Å². The van der Waals surface area contributed by atoms with Crippen molar-refractivity contribution in [2.24, 2.45) is 0 Å². The molecule has 0 aromatic heterocycles.